The number of aryl methyl sites for hydroxylation is 1. The quantitative estimate of drug-likeness (QED) is 0.418. The van der Waals surface area contributed by atoms with Crippen molar-refractivity contribution >= 4 is 49.3 Å². The van der Waals surface area contributed by atoms with Crippen LogP contribution in [0.1, 0.15) is 17.3 Å². The Labute approximate surface area is 161 Å². The molecule has 0 aliphatic carbocycles. The van der Waals surface area contributed by atoms with Gasteiger partial charge in [-0.2, -0.15) is 0 Å². The molecule has 0 bridgehead atoms. The molecule has 140 valence electrons. The highest BCUT2D eigenvalue weighted by atomic mass is 32.1. The van der Waals surface area contributed by atoms with E-state index in [4.69, 9.17) is 0 Å². The van der Waals surface area contributed by atoms with E-state index in [1.165, 1.54) is 28.8 Å². The lowest BCUT2D eigenvalue weighted by Crippen LogP contribution is -2.29. The first-order chi connectivity index (χ1) is 13.5. The van der Waals surface area contributed by atoms with Crippen LogP contribution < -0.4 is 10.9 Å². The van der Waals surface area contributed by atoms with Crippen LogP contribution in [0.2, 0.25) is 0 Å². The standard InChI is InChI=1S/C18H13N5O4S/c1-2-22-15-10(4-3-7-19-15)8-12(17(22)25)16(24)21-18-20-13-6-5-11(23(26)27)9-14(13)28-18/h3-9H,2H2,1H3,(H,20,21,24). The summed E-state index contributed by atoms with van der Waals surface area (Å²) in [5.41, 5.74) is 0.524. The van der Waals surface area contributed by atoms with Gasteiger partial charge in [-0.1, -0.05) is 11.3 Å². The van der Waals surface area contributed by atoms with Crippen molar-refractivity contribution in [3.63, 3.8) is 0 Å². The number of hydrogen-bond acceptors (Lipinski definition) is 7. The highest BCUT2D eigenvalue weighted by Gasteiger charge is 2.18. The number of aromatic nitrogens is 3. The summed E-state index contributed by atoms with van der Waals surface area (Å²) in [5, 5.41) is 14.4. The summed E-state index contributed by atoms with van der Waals surface area (Å²) in [6.07, 6.45) is 1.59. The van der Waals surface area contributed by atoms with Gasteiger partial charge in [-0.05, 0) is 31.2 Å². The van der Waals surface area contributed by atoms with Gasteiger partial charge in [0.15, 0.2) is 5.13 Å². The van der Waals surface area contributed by atoms with E-state index in [9.17, 15) is 19.7 Å². The SMILES string of the molecule is CCn1c(=O)c(C(=O)Nc2nc3ccc([N+](=O)[O-])cc3s2)cc2cccnc21. The molecule has 0 spiro atoms. The molecule has 0 saturated carbocycles. The maximum absolute atomic E-state index is 12.7. The molecule has 0 unspecified atom stereocenters. The minimum Gasteiger partial charge on any atom is -0.298 e. The van der Waals surface area contributed by atoms with Crippen molar-refractivity contribution in [2.45, 2.75) is 13.5 Å². The van der Waals surface area contributed by atoms with E-state index < -0.39 is 16.4 Å². The summed E-state index contributed by atoms with van der Waals surface area (Å²) < 4.78 is 2.00. The normalized spacial score (nSPS) is 11.0. The zero-order valence-electron chi connectivity index (χ0n) is 14.6. The van der Waals surface area contributed by atoms with Crippen molar-refractivity contribution in [3.8, 4) is 0 Å². The molecule has 3 heterocycles. The predicted molar refractivity (Wildman–Crippen MR) is 106 cm³/mol. The molecule has 0 atom stereocenters. The van der Waals surface area contributed by atoms with Gasteiger partial charge in [0, 0.05) is 30.3 Å². The van der Waals surface area contributed by atoms with E-state index in [0.29, 0.717) is 27.8 Å². The number of non-ortho nitro benzene ring substituents is 1. The van der Waals surface area contributed by atoms with E-state index in [-0.39, 0.29) is 16.4 Å². The maximum Gasteiger partial charge on any atom is 0.270 e. The average Bonchev–Trinajstić information content (AvgIpc) is 3.08. The first kappa shape index (κ1) is 17.7. The average molecular weight is 395 g/mol. The van der Waals surface area contributed by atoms with E-state index in [1.54, 1.807) is 25.3 Å². The number of carbonyl (C=O) groups is 1. The Kier molecular flexibility index (Phi) is 4.32. The molecule has 0 fully saturated rings. The summed E-state index contributed by atoms with van der Waals surface area (Å²) in [4.78, 5) is 44.3. The van der Waals surface area contributed by atoms with Gasteiger partial charge in [-0.3, -0.25) is 29.6 Å². The number of benzene rings is 1. The fourth-order valence-corrected chi connectivity index (χ4v) is 3.80. The minimum absolute atomic E-state index is 0.0208. The molecule has 3 aromatic heterocycles. The van der Waals surface area contributed by atoms with Crippen LogP contribution in [0, 0.1) is 10.1 Å². The van der Waals surface area contributed by atoms with Crippen molar-refractivity contribution in [2.24, 2.45) is 0 Å². The number of nitro benzene ring substituents is 1. The molecular formula is C18H13N5O4S. The number of fused-ring (bicyclic) bond motifs is 2. The summed E-state index contributed by atoms with van der Waals surface area (Å²) in [6.45, 7) is 2.18. The number of amides is 1. The number of nitrogens with one attached hydrogen (secondary N) is 1. The van der Waals surface area contributed by atoms with Gasteiger partial charge in [-0.15, -0.1) is 0 Å². The summed E-state index contributed by atoms with van der Waals surface area (Å²) in [7, 11) is 0. The molecule has 0 radical (unpaired) electrons. The second-order valence-electron chi connectivity index (χ2n) is 5.91. The Hall–Kier alpha value is -3.66. The summed E-state index contributed by atoms with van der Waals surface area (Å²) >= 11 is 1.10. The Balaban J connectivity index is 1.72. The lowest BCUT2D eigenvalue weighted by atomic mass is 10.2. The number of nitro groups is 1. The maximum atomic E-state index is 12.7. The molecule has 9 nitrogen and oxygen atoms in total. The van der Waals surface area contributed by atoms with Crippen LogP contribution in [-0.4, -0.2) is 25.4 Å². The van der Waals surface area contributed by atoms with Gasteiger partial charge < -0.3 is 0 Å². The molecule has 28 heavy (non-hydrogen) atoms. The van der Waals surface area contributed by atoms with Crippen LogP contribution in [0.3, 0.4) is 0 Å². The van der Waals surface area contributed by atoms with Crippen molar-refractivity contribution in [3.05, 3.63) is 68.6 Å². The lowest BCUT2D eigenvalue weighted by Gasteiger charge is -2.09. The third kappa shape index (κ3) is 2.99. The van der Waals surface area contributed by atoms with Crippen LogP contribution in [0.15, 0.2) is 47.4 Å². The highest BCUT2D eigenvalue weighted by molar-refractivity contribution is 7.22. The van der Waals surface area contributed by atoms with Crippen molar-refractivity contribution in [2.75, 3.05) is 5.32 Å². The molecule has 0 aliphatic rings. The predicted octanol–water partition coefficient (Wildman–Crippen LogP) is 3.19. The Morgan fingerprint density at radius 2 is 2.14 bits per heavy atom. The van der Waals surface area contributed by atoms with Crippen LogP contribution in [0.5, 0.6) is 0 Å². The number of carbonyl (C=O) groups excluding carboxylic acids is 1. The number of nitrogens with zero attached hydrogens (tertiary/aromatic N) is 4. The zero-order chi connectivity index (χ0) is 19.8. The molecular weight excluding hydrogens is 382 g/mol. The second-order valence-corrected chi connectivity index (χ2v) is 6.94. The monoisotopic (exact) mass is 395 g/mol. The molecule has 4 aromatic rings. The van der Waals surface area contributed by atoms with Crippen LogP contribution in [0.25, 0.3) is 21.3 Å². The minimum atomic E-state index is -0.591. The van der Waals surface area contributed by atoms with Crippen LogP contribution >= 0.6 is 11.3 Å². The van der Waals surface area contributed by atoms with Crippen LogP contribution in [0.4, 0.5) is 10.8 Å². The molecule has 0 aliphatic heterocycles. The Morgan fingerprint density at radius 1 is 1.32 bits per heavy atom. The molecule has 0 saturated heterocycles. The Bertz CT molecular complexity index is 1310. The van der Waals surface area contributed by atoms with E-state index >= 15 is 0 Å². The number of rotatable bonds is 4. The molecule has 4 rings (SSSR count). The van der Waals surface area contributed by atoms with Gasteiger partial charge in [0.05, 0.1) is 15.1 Å². The summed E-state index contributed by atoms with van der Waals surface area (Å²) in [6, 6.07) is 9.28. The molecule has 10 heteroatoms. The first-order valence-electron chi connectivity index (χ1n) is 8.33. The number of hydrogen-bond donors (Lipinski definition) is 1. The van der Waals surface area contributed by atoms with Crippen molar-refractivity contribution < 1.29 is 9.72 Å². The van der Waals surface area contributed by atoms with E-state index in [1.807, 2.05) is 0 Å². The topological polar surface area (TPSA) is 120 Å². The van der Waals surface area contributed by atoms with Gasteiger partial charge >= 0.3 is 0 Å². The van der Waals surface area contributed by atoms with E-state index in [2.05, 4.69) is 15.3 Å². The van der Waals surface area contributed by atoms with Gasteiger partial charge in [0.1, 0.15) is 11.2 Å². The fourth-order valence-electron chi connectivity index (χ4n) is 2.91. The summed E-state index contributed by atoms with van der Waals surface area (Å²) in [5.74, 6) is -0.591. The van der Waals surface area contributed by atoms with E-state index in [0.717, 1.165) is 11.3 Å². The van der Waals surface area contributed by atoms with Gasteiger partial charge in [0.25, 0.3) is 17.2 Å². The third-order valence-electron chi connectivity index (χ3n) is 4.21. The lowest BCUT2D eigenvalue weighted by molar-refractivity contribution is -0.384. The smallest absolute Gasteiger partial charge is 0.270 e. The second kappa shape index (κ2) is 6.82. The van der Waals surface area contributed by atoms with Gasteiger partial charge in [-0.25, -0.2) is 9.97 Å². The highest BCUT2D eigenvalue weighted by Crippen LogP contribution is 2.29. The molecule has 1 N–H and O–H groups in total. The third-order valence-corrected chi connectivity index (χ3v) is 5.15. The number of anilines is 1. The number of pyridine rings is 2. The van der Waals surface area contributed by atoms with Crippen molar-refractivity contribution in [1.82, 2.24) is 14.5 Å². The van der Waals surface area contributed by atoms with Crippen molar-refractivity contribution in [1.29, 1.82) is 0 Å². The number of thiazole rings is 1. The fraction of sp³-hybridized carbons (Fsp3) is 0.111. The van der Waals surface area contributed by atoms with Crippen LogP contribution in [-0.2, 0) is 6.54 Å². The van der Waals surface area contributed by atoms with Gasteiger partial charge in [0.2, 0.25) is 0 Å². The zero-order valence-corrected chi connectivity index (χ0v) is 15.4. The first-order valence-corrected chi connectivity index (χ1v) is 9.14. The molecule has 1 amide bonds. The molecule has 1 aromatic carbocycles. The largest absolute Gasteiger partial charge is 0.298 e. The Morgan fingerprint density at radius 3 is 2.89 bits per heavy atom.